The molecular weight excluding hydrogens is 292 g/mol. The highest BCUT2D eigenvalue weighted by atomic mass is 16.7. The molecule has 1 aliphatic carbocycles. The summed E-state index contributed by atoms with van der Waals surface area (Å²) >= 11 is 0. The third-order valence-corrected chi connectivity index (χ3v) is 5.33. The molecule has 0 radical (unpaired) electrons. The van der Waals surface area contributed by atoms with E-state index in [1.165, 1.54) is 5.56 Å². The summed E-state index contributed by atoms with van der Waals surface area (Å²) in [6.07, 6.45) is 5.16. The Bertz CT molecular complexity index is 458. The van der Waals surface area contributed by atoms with Crippen LogP contribution in [0.3, 0.4) is 0 Å². The molecule has 0 bridgehead atoms. The van der Waals surface area contributed by atoms with Crippen LogP contribution in [0.2, 0.25) is 0 Å². The van der Waals surface area contributed by atoms with Crippen molar-refractivity contribution in [3.05, 3.63) is 35.9 Å². The van der Waals surface area contributed by atoms with Crippen LogP contribution >= 0.6 is 0 Å². The fraction of sp³-hybridized carbons (Fsp3) is 0.684. The highest BCUT2D eigenvalue weighted by Gasteiger charge is 2.46. The van der Waals surface area contributed by atoms with Crippen LogP contribution in [-0.2, 0) is 24.4 Å². The van der Waals surface area contributed by atoms with Crippen molar-refractivity contribution < 1.29 is 18.9 Å². The Hall–Kier alpha value is -0.940. The van der Waals surface area contributed by atoms with Gasteiger partial charge >= 0.3 is 0 Å². The van der Waals surface area contributed by atoms with Crippen molar-refractivity contribution in [3.63, 3.8) is 0 Å². The molecule has 1 aromatic carbocycles. The van der Waals surface area contributed by atoms with Crippen LogP contribution in [0.4, 0.5) is 0 Å². The fourth-order valence-electron chi connectivity index (χ4n) is 3.88. The topological polar surface area (TPSA) is 36.9 Å². The summed E-state index contributed by atoms with van der Waals surface area (Å²) < 4.78 is 22.6. The number of rotatable bonds is 7. The largest absolute Gasteiger partial charge is 0.382 e. The molecule has 1 spiro atoms. The minimum atomic E-state index is -0.310. The molecule has 4 nitrogen and oxygen atoms in total. The second kappa shape index (κ2) is 7.75. The number of ether oxygens (including phenoxy) is 4. The minimum absolute atomic E-state index is 0.175. The molecular formula is C19H28O4. The molecule has 1 saturated heterocycles. The molecule has 3 rings (SSSR count). The van der Waals surface area contributed by atoms with Crippen molar-refractivity contribution in [1.29, 1.82) is 0 Å². The van der Waals surface area contributed by atoms with Crippen LogP contribution in [0.15, 0.2) is 30.3 Å². The molecule has 1 saturated carbocycles. The van der Waals surface area contributed by atoms with Gasteiger partial charge in [0.05, 0.1) is 26.4 Å². The van der Waals surface area contributed by atoms with Gasteiger partial charge in [-0.15, -0.1) is 0 Å². The summed E-state index contributed by atoms with van der Waals surface area (Å²) in [7, 11) is 1.71. The lowest BCUT2D eigenvalue weighted by Gasteiger charge is -2.44. The monoisotopic (exact) mass is 320 g/mol. The lowest BCUT2D eigenvalue weighted by molar-refractivity contribution is -0.186. The Morgan fingerprint density at radius 3 is 2.26 bits per heavy atom. The molecule has 23 heavy (non-hydrogen) atoms. The van der Waals surface area contributed by atoms with Gasteiger partial charge in [-0.2, -0.15) is 0 Å². The predicted octanol–water partition coefficient (Wildman–Crippen LogP) is 3.29. The summed E-state index contributed by atoms with van der Waals surface area (Å²) in [5, 5.41) is 0. The van der Waals surface area contributed by atoms with Crippen molar-refractivity contribution in [2.45, 2.75) is 43.3 Å². The first-order chi connectivity index (χ1) is 11.3. The Labute approximate surface area is 139 Å². The van der Waals surface area contributed by atoms with Crippen molar-refractivity contribution in [2.75, 3.05) is 40.1 Å². The molecule has 0 atom stereocenters. The van der Waals surface area contributed by atoms with Gasteiger partial charge in [-0.1, -0.05) is 30.3 Å². The predicted molar refractivity (Wildman–Crippen MR) is 88.5 cm³/mol. The molecule has 1 aliphatic heterocycles. The van der Waals surface area contributed by atoms with E-state index in [4.69, 9.17) is 18.9 Å². The summed E-state index contributed by atoms with van der Waals surface area (Å²) in [6.45, 7) is 3.56. The number of hydrogen-bond donors (Lipinski definition) is 0. The Balaban J connectivity index is 1.65. The van der Waals surface area contributed by atoms with Crippen molar-refractivity contribution >= 4 is 0 Å². The van der Waals surface area contributed by atoms with E-state index in [0.717, 1.165) is 51.9 Å². The summed E-state index contributed by atoms with van der Waals surface area (Å²) in [5.74, 6) is -0.310. The van der Waals surface area contributed by atoms with Gasteiger partial charge in [-0.25, -0.2) is 0 Å². The summed E-state index contributed by atoms with van der Waals surface area (Å²) in [5.41, 5.74) is 1.60. The van der Waals surface area contributed by atoms with Crippen LogP contribution in [0.1, 0.15) is 37.7 Å². The molecule has 0 amide bonds. The molecule has 2 aliphatic rings. The van der Waals surface area contributed by atoms with E-state index in [-0.39, 0.29) is 11.2 Å². The van der Waals surface area contributed by atoms with Gasteiger partial charge in [0.25, 0.3) is 0 Å². The van der Waals surface area contributed by atoms with Crippen molar-refractivity contribution in [2.24, 2.45) is 0 Å². The van der Waals surface area contributed by atoms with E-state index in [2.05, 4.69) is 30.3 Å². The maximum Gasteiger partial charge on any atom is 0.168 e. The van der Waals surface area contributed by atoms with Crippen LogP contribution < -0.4 is 0 Å². The van der Waals surface area contributed by atoms with Gasteiger partial charge in [0.2, 0.25) is 0 Å². The second-order valence-electron chi connectivity index (χ2n) is 6.61. The third kappa shape index (κ3) is 3.94. The average molecular weight is 320 g/mol. The molecule has 0 N–H and O–H groups in total. The van der Waals surface area contributed by atoms with E-state index < -0.39 is 0 Å². The quantitative estimate of drug-likeness (QED) is 0.722. The lowest BCUT2D eigenvalue weighted by atomic mass is 9.66. The lowest BCUT2D eigenvalue weighted by Crippen LogP contribution is -2.42. The zero-order chi connectivity index (χ0) is 16.0. The maximum atomic E-state index is 5.90. The number of methoxy groups -OCH3 is 1. The molecule has 0 aromatic heterocycles. The smallest absolute Gasteiger partial charge is 0.168 e. The first-order valence-corrected chi connectivity index (χ1v) is 8.69. The SMILES string of the molecule is COCCOCCC1(c2ccccc2)CCC2(CC1)OCCO2. The average Bonchev–Trinajstić information content (AvgIpc) is 3.06. The molecule has 4 heteroatoms. The Morgan fingerprint density at radius 1 is 0.913 bits per heavy atom. The first-order valence-electron chi connectivity index (χ1n) is 8.69. The summed E-state index contributed by atoms with van der Waals surface area (Å²) in [6, 6.07) is 10.9. The number of benzene rings is 1. The van der Waals surface area contributed by atoms with Gasteiger partial charge in [0.1, 0.15) is 0 Å². The zero-order valence-corrected chi connectivity index (χ0v) is 14.1. The van der Waals surface area contributed by atoms with Gasteiger partial charge in [0.15, 0.2) is 5.79 Å². The van der Waals surface area contributed by atoms with Crippen LogP contribution in [0, 0.1) is 0 Å². The van der Waals surface area contributed by atoms with Crippen LogP contribution in [-0.4, -0.2) is 45.9 Å². The number of hydrogen-bond acceptors (Lipinski definition) is 4. The standard InChI is InChI=1S/C19H28O4/c1-20-13-14-21-12-11-18(17-5-3-2-4-6-17)7-9-19(10-8-18)22-15-16-23-19/h2-6H,7-16H2,1H3. The third-order valence-electron chi connectivity index (χ3n) is 5.33. The molecule has 0 unspecified atom stereocenters. The Morgan fingerprint density at radius 2 is 1.61 bits per heavy atom. The van der Waals surface area contributed by atoms with Crippen molar-refractivity contribution in [1.82, 2.24) is 0 Å². The van der Waals surface area contributed by atoms with E-state index in [1.807, 2.05) is 0 Å². The zero-order valence-electron chi connectivity index (χ0n) is 14.1. The second-order valence-corrected chi connectivity index (χ2v) is 6.61. The van der Waals surface area contributed by atoms with Gasteiger partial charge in [-0.3, -0.25) is 0 Å². The van der Waals surface area contributed by atoms with E-state index in [1.54, 1.807) is 7.11 Å². The van der Waals surface area contributed by atoms with Gasteiger partial charge in [-0.05, 0) is 30.2 Å². The first kappa shape index (κ1) is 16.9. The normalized spacial score (nSPS) is 22.5. The van der Waals surface area contributed by atoms with E-state index in [9.17, 15) is 0 Å². The fourth-order valence-corrected chi connectivity index (χ4v) is 3.88. The van der Waals surface area contributed by atoms with E-state index >= 15 is 0 Å². The molecule has 1 heterocycles. The van der Waals surface area contributed by atoms with E-state index in [0.29, 0.717) is 13.2 Å². The van der Waals surface area contributed by atoms with Crippen LogP contribution in [0.5, 0.6) is 0 Å². The van der Waals surface area contributed by atoms with Crippen molar-refractivity contribution in [3.8, 4) is 0 Å². The molecule has 1 aromatic rings. The molecule has 2 fully saturated rings. The minimum Gasteiger partial charge on any atom is -0.382 e. The van der Waals surface area contributed by atoms with Crippen LogP contribution in [0.25, 0.3) is 0 Å². The van der Waals surface area contributed by atoms with Gasteiger partial charge in [0, 0.05) is 26.6 Å². The maximum absolute atomic E-state index is 5.90. The highest BCUT2D eigenvalue weighted by Crippen LogP contribution is 2.48. The summed E-state index contributed by atoms with van der Waals surface area (Å²) in [4.78, 5) is 0. The Kier molecular flexibility index (Phi) is 5.70. The molecule has 128 valence electrons. The highest BCUT2D eigenvalue weighted by molar-refractivity contribution is 5.26. The van der Waals surface area contributed by atoms with Gasteiger partial charge < -0.3 is 18.9 Å².